The molecule has 0 unspecified atom stereocenters. The van der Waals surface area contributed by atoms with Gasteiger partial charge in [0.15, 0.2) is 0 Å². The molecule has 0 fully saturated rings. The number of anilines is 1. The highest BCUT2D eigenvalue weighted by atomic mass is 19.2. The van der Waals surface area contributed by atoms with Gasteiger partial charge in [-0.15, -0.1) is 0 Å². The van der Waals surface area contributed by atoms with Crippen LogP contribution in [0.2, 0.25) is 0 Å². The molecular formula is C7H7FN4O2. The predicted octanol–water partition coefficient (Wildman–Crippen LogP) is 1.21. The SMILES string of the molecule is NC(=NF)Nc1ccc([N+](=O)[O-])cc1. The molecule has 14 heavy (non-hydrogen) atoms. The maximum absolute atomic E-state index is 11.6. The van der Waals surface area contributed by atoms with E-state index in [2.05, 4.69) is 10.5 Å². The van der Waals surface area contributed by atoms with Gasteiger partial charge in [-0.2, -0.15) is 0 Å². The summed E-state index contributed by atoms with van der Waals surface area (Å²) in [5, 5.41) is 14.8. The monoisotopic (exact) mass is 198 g/mol. The van der Waals surface area contributed by atoms with E-state index in [1.165, 1.54) is 24.3 Å². The Balaban J connectivity index is 2.79. The molecule has 0 atom stereocenters. The van der Waals surface area contributed by atoms with Crippen molar-refractivity contribution in [1.82, 2.24) is 0 Å². The molecule has 0 heterocycles. The number of non-ortho nitro benzene ring substituents is 1. The molecule has 0 spiro atoms. The summed E-state index contributed by atoms with van der Waals surface area (Å²) in [6, 6.07) is 5.34. The smallest absolute Gasteiger partial charge is 0.269 e. The lowest BCUT2D eigenvalue weighted by Crippen LogP contribution is -2.21. The summed E-state index contributed by atoms with van der Waals surface area (Å²) < 4.78 is 11.6. The van der Waals surface area contributed by atoms with E-state index < -0.39 is 10.9 Å². The van der Waals surface area contributed by atoms with Gasteiger partial charge in [0.2, 0.25) is 5.96 Å². The highest BCUT2D eigenvalue weighted by Crippen LogP contribution is 2.14. The van der Waals surface area contributed by atoms with E-state index in [1.807, 2.05) is 0 Å². The van der Waals surface area contributed by atoms with Crippen LogP contribution < -0.4 is 11.1 Å². The van der Waals surface area contributed by atoms with Gasteiger partial charge in [0.25, 0.3) is 5.69 Å². The van der Waals surface area contributed by atoms with E-state index in [0.29, 0.717) is 5.69 Å². The number of benzene rings is 1. The Bertz CT molecular complexity index is 362. The van der Waals surface area contributed by atoms with Crippen molar-refractivity contribution >= 4 is 17.3 Å². The fraction of sp³-hybridized carbons (Fsp3) is 0. The third-order valence-corrected chi connectivity index (χ3v) is 1.44. The first-order valence-electron chi connectivity index (χ1n) is 3.59. The van der Waals surface area contributed by atoms with Crippen molar-refractivity contribution < 1.29 is 9.40 Å². The van der Waals surface area contributed by atoms with Gasteiger partial charge in [-0.3, -0.25) is 10.1 Å². The summed E-state index contributed by atoms with van der Waals surface area (Å²) in [4.78, 5) is 9.74. The number of nitrogens with zero attached hydrogens (tertiary/aromatic N) is 2. The number of rotatable bonds is 2. The summed E-state index contributed by atoms with van der Waals surface area (Å²) in [6.07, 6.45) is 0. The number of nitrogens with one attached hydrogen (secondary N) is 1. The lowest BCUT2D eigenvalue weighted by atomic mass is 10.3. The van der Waals surface area contributed by atoms with Crippen LogP contribution in [0.3, 0.4) is 0 Å². The summed E-state index contributed by atoms with van der Waals surface area (Å²) in [6.45, 7) is 0. The molecule has 0 saturated heterocycles. The largest absolute Gasteiger partial charge is 0.367 e. The van der Waals surface area contributed by atoms with Crippen LogP contribution in [0.5, 0.6) is 0 Å². The third-order valence-electron chi connectivity index (χ3n) is 1.44. The van der Waals surface area contributed by atoms with Crippen LogP contribution in [0.25, 0.3) is 0 Å². The maximum atomic E-state index is 11.6. The van der Waals surface area contributed by atoms with E-state index >= 15 is 0 Å². The topological polar surface area (TPSA) is 93.5 Å². The van der Waals surface area contributed by atoms with Crippen LogP contribution in [0.1, 0.15) is 0 Å². The van der Waals surface area contributed by atoms with Gasteiger partial charge in [0, 0.05) is 17.8 Å². The van der Waals surface area contributed by atoms with E-state index in [0.717, 1.165) is 0 Å². The Morgan fingerprint density at radius 3 is 2.50 bits per heavy atom. The quantitative estimate of drug-likeness (QED) is 0.323. The maximum Gasteiger partial charge on any atom is 0.269 e. The normalized spacial score (nSPS) is 11.1. The second-order valence-electron chi connectivity index (χ2n) is 2.40. The van der Waals surface area contributed by atoms with E-state index in [9.17, 15) is 14.6 Å². The van der Waals surface area contributed by atoms with Crippen molar-refractivity contribution in [3.63, 3.8) is 0 Å². The molecule has 7 heteroatoms. The Kier molecular flexibility index (Phi) is 2.95. The van der Waals surface area contributed by atoms with E-state index in [-0.39, 0.29) is 5.69 Å². The van der Waals surface area contributed by atoms with Crippen LogP contribution >= 0.6 is 0 Å². The Labute approximate surface area is 78.3 Å². The molecule has 1 rings (SSSR count). The fourth-order valence-electron chi connectivity index (χ4n) is 0.835. The minimum atomic E-state index is -0.531. The standard InChI is InChI=1S/C7H7FN4O2/c8-11-7(9)10-5-1-3-6(4-2-5)12(13)14/h1-4H,(H3,9,10,11). The van der Waals surface area contributed by atoms with Gasteiger partial charge in [-0.1, -0.05) is 9.70 Å². The van der Waals surface area contributed by atoms with Gasteiger partial charge >= 0.3 is 0 Å². The number of hydrogen-bond donors (Lipinski definition) is 2. The van der Waals surface area contributed by atoms with Crippen molar-refractivity contribution in [2.45, 2.75) is 0 Å². The first-order valence-corrected chi connectivity index (χ1v) is 3.59. The van der Waals surface area contributed by atoms with E-state index in [4.69, 9.17) is 5.73 Å². The van der Waals surface area contributed by atoms with Gasteiger partial charge in [-0.25, -0.2) is 0 Å². The average Bonchev–Trinajstić information content (AvgIpc) is 2.18. The first-order chi connectivity index (χ1) is 6.63. The predicted molar refractivity (Wildman–Crippen MR) is 49.4 cm³/mol. The van der Waals surface area contributed by atoms with Gasteiger partial charge < -0.3 is 11.1 Å². The molecule has 0 saturated carbocycles. The molecule has 1 aromatic carbocycles. The van der Waals surface area contributed by atoms with Crippen molar-refractivity contribution in [3.05, 3.63) is 34.4 Å². The zero-order valence-corrected chi connectivity index (χ0v) is 6.98. The molecule has 6 nitrogen and oxygen atoms in total. The minimum absolute atomic E-state index is 0.0497. The molecule has 0 radical (unpaired) electrons. The van der Waals surface area contributed by atoms with Gasteiger partial charge in [-0.05, 0) is 12.1 Å². The summed E-state index contributed by atoms with van der Waals surface area (Å²) >= 11 is 0. The zero-order valence-electron chi connectivity index (χ0n) is 6.98. The number of nitrogens with two attached hydrogens (primary N) is 1. The number of hydrogen-bond acceptors (Lipinski definition) is 3. The molecule has 0 amide bonds. The van der Waals surface area contributed by atoms with Crippen molar-refractivity contribution in [2.24, 2.45) is 10.9 Å². The highest BCUT2D eigenvalue weighted by molar-refractivity contribution is 5.91. The summed E-state index contributed by atoms with van der Waals surface area (Å²) in [5.74, 6) is -0.404. The third kappa shape index (κ3) is 2.41. The average molecular weight is 198 g/mol. The van der Waals surface area contributed by atoms with Crippen LogP contribution in [-0.2, 0) is 0 Å². The summed E-state index contributed by atoms with van der Waals surface area (Å²) in [5.41, 5.74) is 5.41. The summed E-state index contributed by atoms with van der Waals surface area (Å²) in [7, 11) is 0. The van der Waals surface area contributed by atoms with Crippen LogP contribution in [0, 0.1) is 10.1 Å². The Morgan fingerprint density at radius 1 is 1.50 bits per heavy atom. The van der Waals surface area contributed by atoms with Crippen molar-refractivity contribution in [1.29, 1.82) is 0 Å². The number of halogens is 1. The number of nitro benzene ring substituents is 1. The molecule has 0 bridgehead atoms. The molecule has 1 aromatic rings. The molecular weight excluding hydrogens is 191 g/mol. The van der Waals surface area contributed by atoms with Gasteiger partial charge in [0.05, 0.1) is 4.92 Å². The number of guanidine groups is 1. The van der Waals surface area contributed by atoms with Crippen molar-refractivity contribution in [3.8, 4) is 0 Å². The first kappa shape index (κ1) is 9.90. The van der Waals surface area contributed by atoms with E-state index in [1.54, 1.807) is 0 Å². The molecule has 0 aliphatic heterocycles. The highest BCUT2D eigenvalue weighted by Gasteiger charge is 2.03. The van der Waals surface area contributed by atoms with Gasteiger partial charge in [0.1, 0.15) is 0 Å². The zero-order chi connectivity index (χ0) is 10.6. The molecule has 74 valence electrons. The van der Waals surface area contributed by atoms with Crippen molar-refractivity contribution in [2.75, 3.05) is 5.32 Å². The molecule has 0 aliphatic carbocycles. The van der Waals surface area contributed by atoms with Crippen LogP contribution in [0.4, 0.5) is 15.9 Å². The second kappa shape index (κ2) is 4.17. The lowest BCUT2D eigenvalue weighted by Gasteiger charge is -2.01. The Hall–Kier alpha value is -2.18. The number of nitro groups is 1. The second-order valence-corrected chi connectivity index (χ2v) is 2.40. The Morgan fingerprint density at radius 2 is 2.07 bits per heavy atom. The lowest BCUT2D eigenvalue weighted by molar-refractivity contribution is -0.384. The minimum Gasteiger partial charge on any atom is -0.367 e. The molecule has 0 aliphatic rings. The molecule has 0 aromatic heterocycles. The van der Waals surface area contributed by atoms with Crippen LogP contribution in [-0.4, -0.2) is 10.9 Å². The van der Waals surface area contributed by atoms with Crippen LogP contribution in [0.15, 0.2) is 29.5 Å². The molecule has 3 N–H and O–H groups in total. The fourth-order valence-corrected chi connectivity index (χ4v) is 0.835.